The van der Waals surface area contributed by atoms with Gasteiger partial charge in [0.15, 0.2) is 5.69 Å². The largest absolute Gasteiger partial charge is 0.497 e. The Labute approximate surface area is 215 Å². The van der Waals surface area contributed by atoms with Gasteiger partial charge < -0.3 is 19.7 Å². The van der Waals surface area contributed by atoms with Gasteiger partial charge in [-0.05, 0) is 34.4 Å². The third-order valence-corrected chi connectivity index (χ3v) is 6.40. The number of benzene rings is 3. The highest BCUT2D eigenvalue weighted by Crippen LogP contribution is 2.25. The summed E-state index contributed by atoms with van der Waals surface area (Å²) in [5.41, 5.74) is 4.77. The Kier molecular flexibility index (Phi) is 6.89. The van der Waals surface area contributed by atoms with Crippen molar-refractivity contribution >= 4 is 11.8 Å². The molecule has 1 aliphatic rings. The highest BCUT2D eigenvalue weighted by Gasteiger charge is 2.28. The van der Waals surface area contributed by atoms with Gasteiger partial charge in [-0.15, -0.1) is 0 Å². The third-order valence-electron chi connectivity index (χ3n) is 6.40. The van der Waals surface area contributed by atoms with E-state index in [1.807, 2.05) is 54.6 Å². The number of methoxy groups -OCH3 is 2. The van der Waals surface area contributed by atoms with Gasteiger partial charge in [0.2, 0.25) is 0 Å². The van der Waals surface area contributed by atoms with Crippen molar-refractivity contribution in [2.24, 2.45) is 0 Å². The lowest BCUT2D eigenvalue weighted by atomic mass is 10.0. The molecule has 8 nitrogen and oxygen atoms in total. The van der Waals surface area contributed by atoms with Crippen LogP contribution in [0, 0.1) is 0 Å². The van der Waals surface area contributed by atoms with E-state index in [9.17, 15) is 9.59 Å². The molecule has 0 spiro atoms. The van der Waals surface area contributed by atoms with Crippen molar-refractivity contribution in [3.63, 3.8) is 0 Å². The van der Waals surface area contributed by atoms with E-state index in [0.717, 1.165) is 22.3 Å². The number of fused-ring (bicyclic) bond motifs is 1. The van der Waals surface area contributed by atoms with Gasteiger partial charge in [0, 0.05) is 31.8 Å². The van der Waals surface area contributed by atoms with Gasteiger partial charge >= 0.3 is 0 Å². The molecular weight excluding hydrogens is 468 g/mol. The fraction of sp³-hybridized carbons (Fsp3) is 0.207. The van der Waals surface area contributed by atoms with Crippen LogP contribution in [-0.4, -0.2) is 47.3 Å². The Morgan fingerprint density at radius 1 is 0.865 bits per heavy atom. The zero-order valence-electron chi connectivity index (χ0n) is 20.8. The summed E-state index contributed by atoms with van der Waals surface area (Å²) < 4.78 is 12.3. The predicted molar refractivity (Wildman–Crippen MR) is 140 cm³/mol. The quantitative estimate of drug-likeness (QED) is 0.396. The number of carbonyl (C=O) groups excluding carboxylic acids is 2. The van der Waals surface area contributed by atoms with Gasteiger partial charge in [0.1, 0.15) is 17.2 Å². The first-order chi connectivity index (χ1) is 18.0. The summed E-state index contributed by atoms with van der Waals surface area (Å²) in [4.78, 5) is 27.7. The summed E-state index contributed by atoms with van der Waals surface area (Å²) in [6, 6.07) is 25.3. The number of carbonyl (C=O) groups is 2. The Morgan fingerprint density at radius 2 is 1.54 bits per heavy atom. The smallest absolute Gasteiger partial charge is 0.272 e. The Morgan fingerprint density at radius 3 is 2.22 bits per heavy atom. The van der Waals surface area contributed by atoms with E-state index in [2.05, 4.69) is 22.5 Å². The molecule has 2 amide bonds. The lowest BCUT2D eigenvalue weighted by Gasteiger charge is -2.27. The molecule has 0 radical (unpaired) electrons. The first-order valence-corrected chi connectivity index (χ1v) is 12.1. The van der Waals surface area contributed by atoms with Crippen molar-refractivity contribution in [3.05, 3.63) is 101 Å². The molecule has 2 heterocycles. The molecule has 188 valence electrons. The van der Waals surface area contributed by atoms with Crippen LogP contribution >= 0.6 is 0 Å². The number of aromatic nitrogens is 2. The number of nitrogens with one attached hydrogen (secondary N) is 1. The van der Waals surface area contributed by atoms with Crippen molar-refractivity contribution in [2.45, 2.75) is 19.6 Å². The summed E-state index contributed by atoms with van der Waals surface area (Å²) >= 11 is 0. The van der Waals surface area contributed by atoms with Crippen molar-refractivity contribution in [3.8, 4) is 22.6 Å². The summed E-state index contributed by atoms with van der Waals surface area (Å²) in [5, 5.41) is 7.29. The number of hydrogen-bond donors (Lipinski definition) is 1. The molecule has 0 atom stereocenters. The highest BCUT2D eigenvalue weighted by atomic mass is 16.5. The molecule has 4 aromatic rings. The molecule has 3 aromatic carbocycles. The van der Waals surface area contributed by atoms with Crippen LogP contribution < -0.4 is 14.8 Å². The van der Waals surface area contributed by atoms with Crippen LogP contribution in [0.1, 0.15) is 32.1 Å². The fourth-order valence-electron chi connectivity index (χ4n) is 4.40. The minimum Gasteiger partial charge on any atom is -0.497 e. The van der Waals surface area contributed by atoms with Gasteiger partial charge in [-0.25, -0.2) is 0 Å². The SMILES string of the molecule is COc1cc(CN2CCn3nc(C(=O)NCc4ccc(-c5ccccc5)cc4)cc3C2=O)cc(OC)c1. The molecule has 0 saturated carbocycles. The maximum Gasteiger partial charge on any atom is 0.272 e. The second kappa shape index (κ2) is 10.6. The minimum atomic E-state index is -0.314. The second-order valence-electron chi connectivity index (χ2n) is 8.83. The molecule has 0 saturated heterocycles. The number of rotatable bonds is 8. The summed E-state index contributed by atoms with van der Waals surface area (Å²) in [6.07, 6.45) is 0. The molecule has 1 aliphatic heterocycles. The molecule has 0 unspecified atom stereocenters. The Balaban J connectivity index is 1.23. The molecule has 0 fully saturated rings. The minimum absolute atomic E-state index is 0.170. The van der Waals surface area contributed by atoms with Gasteiger partial charge in [-0.3, -0.25) is 14.3 Å². The van der Waals surface area contributed by atoms with Crippen molar-refractivity contribution in [1.82, 2.24) is 20.0 Å². The topological polar surface area (TPSA) is 85.7 Å². The average Bonchev–Trinajstić information content (AvgIpc) is 3.39. The van der Waals surface area contributed by atoms with Crippen LogP contribution in [0.4, 0.5) is 0 Å². The van der Waals surface area contributed by atoms with Crippen LogP contribution in [0.25, 0.3) is 11.1 Å². The van der Waals surface area contributed by atoms with E-state index in [1.165, 1.54) is 0 Å². The van der Waals surface area contributed by atoms with E-state index < -0.39 is 0 Å². The molecule has 5 rings (SSSR count). The van der Waals surface area contributed by atoms with Crippen molar-refractivity contribution in [1.29, 1.82) is 0 Å². The molecule has 1 aromatic heterocycles. The Hall–Kier alpha value is -4.59. The zero-order chi connectivity index (χ0) is 25.8. The second-order valence-corrected chi connectivity index (χ2v) is 8.83. The highest BCUT2D eigenvalue weighted by molar-refractivity contribution is 5.98. The lowest BCUT2D eigenvalue weighted by molar-refractivity contribution is 0.0682. The monoisotopic (exact) mass is 496 g/mol. The van der Waals surface area contributed by atoms with Gasteiger partial charge in [-0.2, -0.15) is 5.10 Å². The van der Waals surface area contributed by atoms with Crippen LogP contribution in [0.15, 0.2) is 78.9 Å². The van der Waals surface area contributed by atoms with E-state index in [4.69, 9.17) is 9.47 Å². The van der Waals surface area contributed by atoms with E-state index in [-0.39, 0.29) is 17.5 Å². The molecule has 0 aliphatic carbocycles. The lowest BCUT2D eigenvalue weighted by Crippen LogP contribution is -2.39. The molecule has 0 bridgehead atoms. The number of nitrogens with zero attached hydrogens (tertiary/aromatic N) is 3. The molecule has 37 heavy (non-hydrogen) atoms. The normalized spacial score (nSPS) is 12.7. The van der Waals surface area contributed by atoms with E-state index in [0.29, 0.717) is 43.4 Å². The number of ether oxygens (including phenoxy) is 2. The number of amides is 2. The van der Waals surface area contributed by atoms with Crippen LogP contribution in [0.2, 0.25) is 0 Å². The van der Waals surface area contributed by atoms with Crippen molar-refractivity contribution in [2.75, 3.05) is 20.8 Å². The first-order valence-electron chi connectivity index (χ1n) is 12.1. The maximum absolute atomic E-state index is 13.2. The average molecular weight is 497 g/mol. The van der Waals surface area contributed by atoms with Crippen molar-refractivity contribution < 1.29 is 19.1 Å². The van der Waals surface area contributed by atoms with Gasteiger partial charge in [0.05, 0.1) is 20.8 Å². The Bertz CT molecular complexity index is 1390. The standard InChI is InChI=1S/C29H28N4O4/c1-36-24-14-21(15-25(16-24)37-2)19-32-12-13-33-27(29(32)35)17-26(31-33)28(34)30-18-20-8-10-23(11-9-20)22-6-4-3-5-7-22/h3-11,14-17H,12-13,18-19H2,1-2H3,(H,30,34). The molecular formula is C29H28N4O4. The third kappa shape index (κ3) is 5.33. The molecule has 1 N–H and O–H groups in total. The summed E-state index contributed by atoms with van der Waals surface area (Å²) in [6.45, 7) is 1.77. The van der Waals surface area contributed by atoms with Gasteiger partial charge in [-0.1, -0.05) is 54.6 Å². The van der Waals surface area contributed by atoms with E-state index in [1.54, 1.807) is 35.9 Å². The van der Waals surface area contributed by atoms with Crippen LogP contribution in [-0.2, 0) is 19.6 Å². The molecule has 8 heteroatoms. The van der Waals surface area contributed by atoms with Gasteiger partial charge in [0.25, 0.3) is 11.8 Å². The van der Waals surface area contributed by atoms with E-state index >= 15 is 0 Å². The summed E-state index contributed by atoms with van der Waals surface area (Å²) in [7, 11) is 3.19. The van der Waals surface area contributed by atoms with Crippen LogP contribution in [0.5, 0.6) is 11.5 Å². The zero-order valence-corrected chi connectivity index (χ0v) is 20.8. The maximum atomic E-state index is 13.2. The van der Waals surface area contributed by atoms with Crippen LogP contribution in [0.3, 0.4) is 0 Å². The fourth-order valence-corrected chi connectivity index (χ4v) is 4.40. The summed E-state index contributed by atoms with van der Waals surface area (Å²) in [5.74, 6) is 0.844. The first kappa shape index (κ1) is 24.1. The number of hydrogen-bond acceptors (Lipinski definition) is 5. The predicted octanol–water partition coefficient (Wildman–Crippen LogP) is 4.15.